The normalized spacial score (nSPS) is 13.0. The van der Waals surface area contributed by atoms with Gasteiger partial charge in [0.25, 0.3) is 0 Å². The van der Waals surface area contributed by atoms with E-state index in [4.69, 9.17) is 5.11 Å². The molecule has 288 valence electrons. The summed E-state index contributed by atoms with van der Waals surface area (Å²) in [6, 6.07) is 38.3. The fraction of sp³-hybridized carbons (Fsp3) is 0.143. The van der Waals surface area contributed by atoms with Gasteiger partial charge in [-0.05, 0) is 84.8 Å². The van der Waals surface area contributed by atoms with Crippen LogP contribution in [0.1, 0.15) is 49.9 Å². The minimum absolute atomic E-state index is 0.0204. The molecule has 3 N–H and O–H groups in total. The van der Waals surface area contributed by atoms with Crippen molar-refractivity contribution in [3.63, 3.8) is 0 Å². The van der Waals surface area contributed by atoms with Crippen LogP contribution in [-0.2, 0) is 22.9 Å². The average Bonchev–Trinajstić information content (AvgIpc) is 3.85. The number of carbonyl (C=O) groups is 2. The van der Waals surface area contributed by atoms with E-state index in [1.165, 1.54) is 27.8 Å². The van der Waals surface area contributed by atoms with E-state index in [0.29, 0.717) is 37.9 Å². The molecule has 1 aliphatic heterocycles. The molecule has 1 saturated heterocycles. The van der Waals surface area contributed by atoms with Crippen LogP contribution in [0.2, 0.25) is 0 Å². The van der Waals surface area contributed by atoms with Gasteiger partial charge >= 0.3 is 5.97 Å². The summed E-state index contributed by atoms with van der Waals surface area (Å²) < 4.78 is 26.8. The number of Topliss-reactive ketones (excluding diaryl/α,β-unsaturated/α-hetero) is 1. The zero-order valence-corrected chi connectivity index (χ0v) is 32.9. The number of carboxylic acid groups (broad SMARTS) is 1. The third-order valence-corrected chi connectivity index (χ3v) is 12.5. The van der Waals surface area contributed by atoms with E-state index in [9.17, 15) is 18.0 Å². The standard InChI is InChI=1S/C26H24N4O3S2.C16H13N3O2S/c31-25(13-19-17-30(18-19)35(32,33)24-10-2-1-3-11-24)20-7-6-9-23(14-20)34-26-16-22(28-29-26)15-21-8-4-5-12-27-21;20-16(21)11-4-3-6-14(8-11)22-15-10-13(18-19-15)9-12-5-1-2-7-17-12/h1-12,14,16,19H,13,15,17-18H2,(H,28,29);1-8,10H,9H2,(H,18,19)(H,20,21). The maximum atomic E-state index is 12.9. The molecule has 1 fully saturated rings. The smallest absolute Gasteiger partial charge is 0.335 e. The quantitative estimate of drug-likeness (QED) is 0.0919. The van der Waals surface area contributed by atoms with Gasteiger partial charge in [-0.1, -0.05) is 72.1 Å². The van der Waals surface area contributed by atoms with Gasteiger partial charge in [-0.3, -0.25) is 25.0 Å². The number of hydrogen-bond donors (Lipinski definition) is 3. The third-order valence-electron chi connectivity index (χ3n) is 8.87. The van der Waals surface area contributed by atoms with E-state index < -0.39 is 16.0 Å². The summed E-state index contributed by atoms with van der Waals surface area (Å²) >= 11 is 2.91. The van der Waals surface area contributed by atoms with Gasteiger partial charge in [-0.25, -0.2) is 13.2 Å². The van der Waals surface area contributed by atoms with Gasteiger partial charge in [0.15, 0.2) is 5.78 Å². The zero-order valence-electron chi connectivity index (χ0n) is 30.4. The molecule has 5 heterocycles. The van der Waals surface area contributed by atoms with E-state index in [2.05, 4.69) is 30.4 Å². The fourth-order valence-corrected chi connectivity index (χ4v) is 9.35. The predicted molar refractivity (Wildman–Crippen MR) is 217 cm³/mol. The predicted octanol–water partition coefficient (Wildman–Crippen LogP) is 7.69. The van der Waals surface area contributed by atoms with E-state index in [0.717, 1.165) is 42.6 Å². The number of rotatable bonds is 14. The number of aromatic amines is 2. The van der Waals surface area contributed by atoms with Crippen molar-refractivity contribution in [3.8, 4) is 0 Å². The van der Waals surface area contributed by atoms with E-state index >= 15 is 0 Å². The molecule has 0 saturated carbocycles. The molecule has 15 heteroatoms. The number of ketones is 1. The van der Waals surface area contributed by atoms with E-state index in [-0.39, 0.29) is 22.2 Å². The Balaban J connectivity index is 0.000000194. The van der Waals surface area contributed by atoms with Gasteiger partial charge in [-0.2, -0.15) is 14.5 Å². The van der Waals surface area contributed by atoms with Crippen LogP contribution in [0.4, 0.5) is 0 Å². The molecule has 0 bridgehead atoms. The molecule has 8 rings (SSSR count). The SMILES string of the molecule is O=C(CC1CN(S(=O)(=O)c2ccccc2)C1)c1cccc(Sc2cc(Cc3ccccn3)[nH]n2)c1.O=C(O)c1cccc(Sc2cc(Cc3ccccn3)[nH]n2)c1. The lowest BCUT2D eigenvalue weighted by Gasteiger charge is -2.37. The minimum atomic E-state index is -3.49. The molecule has 7 aromatic rings. The Morgan fingerprint density at radius 1 is 0.667 bits per heavy atom. The largest absolute Gasteiger partial charge is 0.478 e. The van der Waals surface area contributed by atoms with Gasteiger partial charge in [-0.15, -0.1) is 0 Å². The van der Waals surface area contributed by atoms with Crippen molar-refractivity contribution in [1.82, 2.24) is 34.7 Å². The number of carbonyl (C=O) groups excluding carboxylic acids is 1. The molecule has 0 radical (unpaired) electrons. The second kappa shape index (κ2) is 18.4. The number of nitrogens with zero attached hydrogens (tertiary/aromatic N) is 5. The number of sulfonamides is 1. The Hall–Kier alpha value is -5.87. The highest BCUT2D eigenvalue weighted by atomic mass is 32.2. The van der Waals surface area contributed by atoms with E-state index in [1.807, 2.05) is 72.8 Å². The molecular formula is C42H37N7O5S3. The van der Waals surface area contributed by atoms with Crippen molar-refractivity contribution in [3.05, 3.63) is 174 Å². The molecular weight excluding hydrogens is 779 g/mol. The average molecular weight is 816 g/mol. The first kappa shape index (κ1) is 39.4. The fourth-order valence-electron chi connectivity index (χ4n) is 6.00. The summed E-state index contributed by atoms with van der Waals surface area (Å²) in [6.45, 7) is 0.730. The summed E-state index contributed by atoms with van der Waals surface area (Å²) in [7, 11) is -3.49. The van der Waals surface area contributed by atoms with Crippen LogP contribution in [-0.4, -0.2) is 73.0 Å². The Morgan fingerprint density at radius 3 is 1.72 bits per heavy atom. The molecule has 0 unspecified atom stereocenters. The lowest BCUT2D eigenvalue weighted by molar-refractivity contribution is 0.0696. The maximum absolute atomic E-state index is 12.9. The van der Waals surface area contributed by atoms with Crippen LogP contribution in [0, 0.1) is 5.92 Å². The number of carboxylic acids is 1. The van der Waals surface area contributed by atoms with Crippen molar-refractivity contribution < 1.29 is 23.1 Å². The molecule has 0 atom stereocenters. The van der Waals surface area contributed by atoms with Crippen molar-refractivity contribution in [2.45, 2.75) is 44.0 Å². The van der Waals surface area contributed by atoms with Gasteiger partial charge in [0.2, 0.25) is 10.0 Å². The zero-order chi connectivity index (χ0) is 39.6. The molecule has 57 heavy (non-hydrogen) atoms. The van der Waals surface area contributed by atoms with Crippen molar-refractivity contribution in [2.75, 3.05) is 13.1 Å². The summed E-state index contributed by atoms with van der Waals surface area (Å²) in [6.07, 6.45) is 5.21. The Kier molecular flexibility index (Phi) is 12.7. The van der Waals surface area contributed by atoms with Crippen LogP contribution in [0.3, 0.4) is 0 Å². The van der Waals surface area contributed by atoms with Crippen LogP contribution >= 0.6 is 23.5 Å². The lowest BCUT2D eigenvalue weighted by Crippen LogP contribution is -2.50. The summed E-state index contributed by atoms with van der Waals surface area (Å²) in [5.41, 5.74) is 4.77. The highest BCUT2D eigenvalue weighted by Gasteiger charge is 2.37. The summed E-state index contributed by atoms with van der Waals surface area (Å²) in [5, 5.41) is 25.3. The molecule has 3 aromatic carbocycles. The Morgan fingerprint density at radius 2 is 1.19 bits per heavy atom. The van der Waals surface area contributed by atoms with Gasteiger partial charge in [0.1, 0.15) is 10.1 Å². The van der Waals surface area contributed by atoms with Gasteiger partial charge in [0, 0.05) is 82.9 Å². The topological polar surface area (TPSA) is 175 Å². The highest BCUT2D eigenvalue weighted by molar-refractivity contribution is 7.99. The molecule has 12 nitrogen and oxygen atoms in total. The molecule has 0 amide bonds. The number of nitrogens with one attached hydrogen (secondary N) is 2. The second-order valence-corrected chi connectivity index (χ2v) is 17.3. The number of H-pyrrole nitrogens is 2. The first-order valence-corrected chi connectivity index (χ1v) is 21.0. The monoisotopic (exact) mass is 815 g/mol. The van der Waals surface area contributed by atoms with Crippen LogP contribution in [0.25, 0.3) is 0 Å². The molecule has 1 aliphatic rings. The summed E-state index contributed by atoms with van der Waals surface area (Å²) in [4.78, 5) is 34.5. The highest BCUT2D eigenvalue weighted by Crippen LogP contribution is 2.31. The molecule has 0 spiro atoms. The van der Waals surface area contributed by atoms with Crippen molar-refractivity contribution in [1.29, 1.82) is 0 Å². The number of aromatic carboxylic acids is 1. The van der Waals surface area contributed by atoms with Crippen LogP contribution in [0.5, 0.6) is 0 Å². The summed E-state index contributed by atoms with van der Waals surface area (Å²) in [5.74, 6) is -0.884. The first-order chi connectivity index (χ1) is 27.7. The van der Waals surface area contributed by atoms with E-state index in [1.54, 1.807) is 67.0 Å². The minimum Gasteiger partial charge on any atom is -0.478 e. The molecule has 4 aromatic heterocycles. The number of benzene rings is 3. The van der Waals surface area contributed by atoms with Crippen LogP contribution in [0.15, 0.2) is 165 Å². The third kappa shape index (κ3) is 10.7. The number of hydrogen-bond acceptors (Lipinski definition) is 10. The Labute approximate surface area is 338 Å². The second-order valence-electron chi connectivity index (χ2n) is 13.2. The molecule has 0 aliphatic carbocycles. The van der Waals surface area contributed by atoms with Gasteiger partial charge in [0.05, 0.1) is 10.5 Å². The number of aromatic nitrogens is 6. The number of pyridine rings is 2. The first-order valence-electron chi connectivity index (χ1n) is 17.9. The maximum Gasteiger partial charge on any atom is 0.335 e. The van der Waals surface area contributed by atoms with Crippen LogP contribution < -0.4 is 0 Å². The van der Waals surface area contributed by atoms with Crippen molar-refractivity contribution in [2.24, 2.45) is 5.92 Å². The van der Waals surface area contributed by atoms with Crippen molar-refractivity contribution >= 4 is 45.3 Å². The Bertz CT molecular complexity index is 2550. The van der Waals surface area contributed by atoms with Gasteiger partial charge < -0.3 is 5.11 Å². The lowest BCUT2D eigenvalue weighted by atomic mass is 9.94.